The summed E-state index contributed by atoms with van der Waals surface area (Å²) in [5.41, 5.74) is 1.43. The van der Waals surface area contributed by atoms with E-state index in [2.05, 4.69) is 9.97 Å². The van der Waals surface area contributed by atoms with Crippen molar-refractivity contribution in [2.75, 3.05) is 7.11 Å². The Labute approximate surface area is 115 Å². The van der Waals surface area contributed by atoms with Crippen LogP contribution in [-0.2, 0) is 4.74 Å². The molecule has 0 saturated carbocycles. The highest BCUT2D eigenvalue weighted by Crippen LogP contribution is 2.34. The first kappa shape index (κ1) is 13.9. The van der Waals surface area contributed by atoms with Gasteiger partial charge in [-0.25, -0.2) is 14.8 Å². The van der Waals surface area contributed by atoms with E-state index in [1.807, 2.05) is 20.8 Å². The number of carbonyl (C=O) groups is 1. The number of hydrogen-bond donors (Lipinski definition) is 1. The van der Waals surface area contributed by atoms with Crippen LogP contribution < -0.4 is 0 Å². The lowest BCUT2D eigenvalue weighted by atomic mass is 9.95. The van der Waals surface area contributed by atoms with Gasteiger partial charge in [0, 0.05) is 18.9 Å². The summed E-state index contributed by atoms with van der Waals surface area (Å²) in [4.78, 5) is 20.7. The number of carboxylic acids is 1. The summed E-state index contributed by atoms with van der Waals surface area (Å²) < 4.78 is 5.48. The number of hydrogen-bond acceptors (Lipinski definition) is 5. The van der Waals surface area contributed by atoms with Gasteiger partial charge in [-0.15, -0.1) is 0 Å². The fourth-order valence-corrected chi connectivity index (χ4v) is 2.96. The lowest BCUT2D eigenvalue weighted by Crippen LogP contribution is -2.15. The summed E-state index contributed by atoms with van der Waals surface area (Å²) in [7, 11) is 1.59. The highest BCUT2D eigenvalue weighted by molar-refractivity contribution is 7.18. The number of carboxylic acid groups (broad SMARTS) is 1. The molecule has 1 unspecified atom stereocenters. The predicted molar refractivity (Wildman–Crippen MR) is 73.7 cm³/mol. The van der Waals surface area contributed by atoms with Crippen molar-refractivity contribution in [2.24, 2.45) is 5.92 Å². The molecule has 1 N–H and O–H groups in total. The number of rotatable bonds is 4. The van der Waals surface area contributed by atoms with Crippen LogP contribution in [0.4, 0.5) is 0 Å². The van der Waals surface area contributed by atoms with Crippen LogP contribution in [0.3, 0.4) is 0 Å². The Bertz CT molecular complexity index is 622. The molecule has 0 aliphatic rings. The zero-order chi connectivity index (χ0) is 14.2. The number of pyridine rings is 1. The van der Waals surface area contributed by atoms with Crippen LogP contribution in [0.1, 0.15) is 40.9 Å². The highest BCUT2D eigenvalue weighted by atomic mass is 32.1. The van der Waals surface area contributed by atoms with Gasteiger partial charge in [0.2, 0.25) is 0 Å². The van der Waals surface area contributed by atoms with Gasteiger partial charge >= 0.3 is 5.97 Å². The maximum atomic E-state index is 11.4. The summed E-state index contributed by atoms with van der Waals surface area (Å²) in [6.45, 7) is 5.87. The van der Waals surface area contributed by atoms with E-state index >= 15 is 0 Å². The van der Waals surface area contributed by atoms with Crippen LogP contribution in [0.15, 0.2) is 6.20 Å². The minimum atomic E-state index is -1.00. The smallest absolute Gasteiger partial charge is 0.337 e. The third kappa shape index (κ3) is 2.46. The normalized spacial score (nSPS) is 13.1. The number of thiazole rings is 1. The number of aromatic carboxylic acids is 1. The minimum Gasteiger partial charge on any atom is -0.478 e. The van der Waals surface area contributed by atoms with Crippen LogP contribution >= 0.6 is 11.3 Å². The van der Waals surface area contributed by atoms with E-state index in [1.54, 1.807) is 7.11 Å². The SMILES string of the molecule is COC(c1c(C(=O)O)cnc2sc(C)nc12)C(C)C. The average molecular weight is 280 g/mol. The Kier molecular flexibility index (Phi) is 3.82. The number of fused-ring (bicyclic) bond motifs is 1. The molecule has 2 aromatic heterocycles. The van der Waals surface area contributed by atoms with Gasteiger partial charge < -0.3 is 9.84 Å². The fourth-order valence-electron chi connectivity index (χ4n) is 2.18. The first-order valence-corrected chi connectivity index (χ1v) is 6.79. The number of nitrogens with zero attached hydrogens (tertiary/aromatic N) is 2. The van der Waals surface area contributed by atoms with E-state index in [4.69, 9.17) is 4.74 Å². The zero-order valence-corrected chi connectivity index (χ0v) is 12.1. The van der Waals surface area contributed by atoms with Crippen molar-refractivity contribution in [3.8, 4) is 0 Å². The van der Waals surface area contributed by atoms with Crippen molar-refractivity contribution < 1.29 is 14.6 Å². The topological polar surface area (TPSA) is 72.3 Å². The van der Waals surface area contributed by atoms with Gasteiger partial charge in [-0.3, -0.25) is 0 Å². The second-order valence-electron chi connectivity index (χ2n) is 4.68. The Morgan fingerprint density at radius 3 is 2.68 bits per heavy atom. The lowest BCUT2D eigenvalue weighted by molar-refractivity contribution is 0.0592. The van der Waals surface area contributed by atoms with Crippen LogP contribution in [0.5, 0.6) is 0 Å². The van der Waals surface area contributed by atoms with Crippen LogP contribution in [0.25, 0.3) is 10.3 Å². The molecule has 5 nitrogen and oxygen atoms in total. The van der Waals surface area contributed by atoms with Crippen molar-refractivity contribution in [1.82, 2.24) is 9.97 Å². The second kappa shape index (κ2) is 5.22. The van der Waals surface area contributed by atoms with Crippen LogP contribution in [0, 0.1) is 12.8 Å². The summed E-state index contributed by atoms with van der Waals surface area (Å²) in [6, 6.07) is 0. The van der Waals surface area contributed by atoms with Gasteiger partial charge in [-0.1, -0.05) is 25.2 Å². The average Bonchev–Trinajstić information content (AvgIpc) is 2.69. The molecule has 0 fully saturated rings. The molecule has 1 atom stereocenters. The first-order valence-electron chi connectivity index (χ1n) is 5.97. The van der Waals surface area contributed by atoms with E-state index in [9.17, 15) is 9.90 Å². The molecule has 102 valence electrons. The summed E-state index contributed by atoms with van der Waals surface area (Å²) >= 11 is 1.46. The van der Waals surface area contributed by atoms with E-state index < -0.39 is 5.97 Å². The van der Waals surface area contributed by atoms with Crippen molar-refractivity contribution in [2.45, 2.75) is 26.9 Å². The van der Waals surface area contributed by atoms with E-state index in [0.29, 0.717) is 11.1 Å². The van der Waals surface area contributed by atoms with Gasteiger partial charge in [0.15, 0.2) is 0 Å². The molecular weight excluding hydrogens is 264 g/mol. The molecule has 0 spiro atoms. The van der Waals surface area contributed by atoms with E-state index in [0.717, 1.165) is 9.84 Å². The van der Waals surface area contributed by atoms with E-state index in [1.165, 1.54) is 17.5 Å². The molecule has 0 aromatic carbocycles. The number of methoxy groups -OCH3 is 1. The monoisotopic (exact) mass is 280 g/mol. The van der Waals surface area contributed by atoms with Gasteiger partial charge in [0.05, 0.1) is 16.7 Å². The molecule has 0 radical (unpaired) electrons. The fraction of sp³-hybridized carbons (Fsp3) is 0.462. The van der Waals surface area contributed by atoms with Crippen molar-refractivity contribution in [3.05, 3.63) is 22.3 Å². The first-order chi connectivity index (χ1) is 8.95. The lowest BCUT2D eigenvalue weighted by Gasteiger charge is -2.21. The molecule has 0 aliphatic heterocycles. The van der Waals surface area contributed by atoms with E-state index in [-0.39, 0.29) is 17.6 Å². The Morgan fingerprint density at radius 2 is 2.16 bits per heavy atom. The molecule has 0 amide bonds. The van der Waals surface area contributed by atoms with Crippen molar-refractivity contribution in [3.63, 3.8) is 0 Å². The minimum absolute atomic E-state index is 0.149. The quantitative estimate of drug-likeness (QED) is 0.932. The Morgan fingerprint density at radius 1 is 1.47 bits per heavy atom. The molecule has 19 heavy (non-hydrogen) atoms. The Balaban J connectivity index is 2.78. The predicted octanol–water partition coefficient (Wildman–Crippen LogP) is 3.04. The molecule has 0 saturated heterocycles. The summed E-state index contributed by atoms with van der Waals surface area (Å²) in [5.74, 6) is -0.853. The third-order valence-corrected chi connectivity index (χ3v) is 3.83. The van der Waals surface area contributed by atoms with Gasteiger partial charge in [0.1, 0.15) is 10.3 Å². The molecule has 2 rings (SSSR count). The summed E-state index contributed by atoms with van der Waals surface area (Å²) in [5, 5.41) is 10.2. The van der Waals surface area contributed by atoms with Gasteiger partial charge in [0.25, 0.3) is 0 Å². The van der Waals surface area contributed by atoms with Crippen molar-refractivity contribution in [1.29, 1.82) is 0 Å². The molecule has 2 aromatic rings. The molecule has 0 bridgehead atoms. The van der Waals surface area contributed by atoms with Crippen LogP contribution in [-0.4, -0.2) is 28.2 Å². The molecule has 2 heterocycles. The van der Waals surface area contributed by atoms with Crippen LogP contribution in [0.2, 0.25) is 0 Å². The maximum Gasteiger partial charge on any atom is 0.337 e. The molecular formula is C13H16N2O3S. The number of aromatic nitrogens is 2. The van der Waals surface area contributed by atoms with Gasteiger partial charge in [-0.05, 0) is 12.8 Å². The largest absolute Gasteiger partial charge is 0.478 e. The number of aryl methyl sites for hydroxylation is 1. The third-order valence-electron chi connectivity index (χ3n) is 2.95. The zero-order valence-electron chi connectivity index (χ0n) is 11.3. The molecule has 0 aliphatic carbocycles. The summed E-state index contributed by atoms with van der Waals surface area (Å²) in [6.07, 6.45) is 1.09. The highest BCUT2D eigenvalue weighted by Gasteiger charge is 2.26. The van der Waals surface area contributed by atoms with Crippen molar-refractivity contribution >= 4 is 27.7 Å². The second-order valence-corrected chi connectivity index (χ2v) is 5.86. The standard InChI is InChI=1S/C13H16N2O3S/c1-6(2)11(18-4)9-8(13(16)17)5-14-12-10(9)15-7(3)19-12/h5-6,11H,1-4H3,(H,16,17). The molecule has 6 heteroatoms. The van der Waals surface area contributed by atoms with Gasteiger partial charge in [-0.2, -0.15) is 0 Å². The maximum absolute atomic E-state index is 11.4. The Hall–Kier alpha value is -1.53. The number of ether oxygens (including phenoxy) is 1.